The van der Waals surface area contributed by atoms with Gasteiger partial charge in [-0.1, -0.05) is 6.07 Å². The van der Waals surface area contributed by atoms with Gasteiger partial charge in [-0.15, -0.1) is 5.10 Å². The Labute approximate surface area is 93.7 Å². The molecule has 0 spiro atoms. The second kappa shape index (κ2) is 3.84. The number of hydrogen-bond acceptors (Lipinski definition) is 4. The van der Waals surface area contributed by atoms with E-state index in [4.69, 9.17) is 5.73 Å². The van der Waals surface area contributed by atoms with Crippen LogP contribution in [-0.2, 0) is 6.54 Å². The van der Waals surface area contributed by atoms with Crippen molar-refractivity contribution in [3.63, 3.8) is 0 Å². The lowest BCUT2D eigenvalue weighted by Gasteiger charge is -2.02. The maximum absolute atomic E-state index is 5.67. The molecule has 0 aliphatic carbocycles. The number of fused-ring (bicyclic) bond motifs is 1. The quantitative estimate of drug-likeness (QED) is 0.773. The number of aromatic nitrogens is 3. The minimum Gasteiger partial charge on any atom is -0.325 e. The summed E-state index contributed by atoms with van der Waals surface area (Å²) in [5, 5.41) is 7.93. The van der Waals surface area contributed by atoms with Gasteiger partial charge in [-0.3, -0.25) is 0 Å². The van der Waals surface area contributed by atoms with Gasteiger partial charge in [0.15, 0.2) is 11.5 Å². The van der Waals surface area contributed by atoms with Gasteiger partial charge in [0, 0.05) is 6.54 Å². The van der Waals surface area contributed by atoms with Crippen molar-refractivity contribution in [2.24, 2.45) is 5.73 Å². The predicted molar refractivity (Wildman–Crippen MR) is 60.9 cm³/mol. The molecule has 3 N–H and O–H groups in total. The summed E-state index contributed by atoms with van der Waals surface area (Å²) in [5.74, 6) is 0.887. The van der Waals surface area contributed by atoms with Crippen molar-refractivity contribution in [3.05, 3.63) is 29.7 Å². The number of nitrogens with one attached hydrogen (secondary N) is 1. The highest BCUT2D eigenvalue weighted by molar-refractivity contribution is 5.39. The smallest absolute Gasteiger partial charge is 0.168 e. The molecule has 5 nitrogen and oxygen atoms in total. The summed E-state index contributed by atoms with van der Waals surface area (Å²) in [7, 11) is 0. The molecule has 3 heterocycles. The van der Waals surface area contributed by atoms with E-state index in [1.807, 2.05) is 22.7 Å². The highest BCUT2D eigenvalue weighted by Crippen LogP contribution is 2.20. The Morgan fingerprint density at radius 2 is 2.44 bits per heavy atom. The van der Waals surface area contributed by atoms with Gasteiger partial charge < -0.3 is 11.1 Å². The van der Waals surface area contributed by atoms with Gasteiger partial charge in [0.25, 0.3) is 0 Å². The van der Waals surface area contributed by atoms with Crippen LogP contribution < -0.4 is 11.1 Å². The first-order valence-corrected chi connectivity index (χ1v) is 5.66. The van der Waals surface area contributed by atoms with Crippen molar-refractivity contribution < 1.29 is 0 Å². The van der Waals surface area contributed by atoms with Crippen LogP contribution in [-0.4, -0.2) is 21.1 Å². The molecule has 0 bridgehead atoms. The molecule has 1 atom stereocenters. The molecule has 0 radical (unpaired) electrons. The molecule has 2 aromatic rings. The van der Waals surface area contributed by atoms with E-state index in [-0.39, 0.29) is 0 Å². The Morgan fingerprint density at radius 1 is 1.50 bits per heavy atom. The van der Waals surface area contributed by atoms with Crippen LogP contribution in [0.3, 0.4) is 0 Å². The molecule has 16 heavy (non-hydrogen) atoms. The van der Waals surface area contributed by atoms with Crippen LogP contribution in [0.15, 0.2) is 18.2 Å². The second-order valence-electron chi connectivity index (χ2n) is 4.11. The second-order valence-corrected chi connectivity index (χ2v) is 4.11. The number of hydrogen-bond donors (Lipinski definition) is 2. The number of nitrogens with two attached hydrogens (primary N) is 1. The van der Waals surface area contributed by atoms with Crippen LogP contribution in [0.25, 0.3) is 5.65 Å². The number of pyridine rings is 1. The molecular formula is C11H15N5. The Kier molecular flexibility index (Phi) is 2.34. The number of nitrogens with zero attached hydrogens (tertiary/aromatic N) is 3. The average molecular weight is 217 g/mol. The molecule has 0 saturated carbocycles. The highest BCUT2D eigenvalue weighted by Gasteiger charge is 2.20. The van der Waals surface area contributed by atoms with E-state index < -0.39 is 0 Å². The van der Waals surface area contributed by atoms with Gasteiger partial charge >= 0.3 is 0 Å². The molecule has 5 heteroatoms. The molecular weight excluding hydrogens is 202 g/mol. The van der Waals surface area contributed by atoms with Crippen LogP contribution in [0.4, 0.5) is 0 Å². The zero-order valence-corrected chi connectivity index (χ0v) is 9.06. The summed E-state index contributed by atoms with van der Waals surface area (Å²) in [6.45, 7) is 1.54. The first kappa shape index (κ1) is 9.74. The van der Waals surface area contributed by atoms with Crippen LogP contribution in [0, 0.1) is 0 Å². The van der Waals surface area contributed by atoms with Crippen LogP contribution in [0.2, 0.25) is 0 Å². The standard InChI is InChI=1S/C11H15N5/c12-7-8-3-1-5-10-14-11(15-16(8)10)9-4-2-6-13-9/h1,3,5,9,13H,2,4,6-7,12H2. The van der Waals surface area contributed by atoms with Crippen LogP contribution in [0.1, 0.15) is 30.4 Å². The summed E-state index contributed by atoms with van der Waals surface area (Å²) in [4.78, 5) is 4.54. The lowest BCUT2D eigenvalue weighted by molar-refractivity contribution is 0.602. The summed E-state index contributed by atoms with van der Waals surface area (Å²) in [6, 6.07) is 6.22. The zero-order valence-electron chi connectivity index (χ0n) is 9.06. The maximum Gasteiger partial charge on any atom is 0.168 e. The molecule has 1 aliphatic rings. The Bertz CT molecular complexity index is 498. The van der Waals surface area contributed by atoms with Gasteiger partial charge in [-0.05, 0) is 31.5 Å². The SMILES string of the molecule is NCc1cccc2nc(C3CCCN3)nn12. The third kappa shape index (κ3) is 1.48. The van der Waals surface area contributed by atoms with E-state index in [1.54, 1.807) is 0 Å². The largest absolute Gasteiger partial charge is 0.325 e. The first-order valence-electron chi connectivity index (χ1n) is 5.66. The fourth-order valence-corrected chi connectivity index (χ4v) is 2.18. The van der Waals surface area contributed by atoms with Crippen molar-refractivity contribution >= 4 is 5.65 Å². The summed E-state index contributed by atoms with van der Waals surface area (Å²) >= 11 is 0. The molecule has 3 rings (SSSR count). The Hall–Kier alpha value is -1.46. The molecule has 0 aromatic carbocycles. The highest BCUT2D eigenvalue weighted by atomic mass is 15.3. The molecule has 1 saturated heterocycles. The van der Waals surface area contributed by atoms with E-state index in [9.17, 15) is 0 Å². The first-order chi connectivity index (χ1) is 7.88. The predicted octanol–water partition coefficient (Wildman–Crippen LogP) is 0.612. The Morgan fingerprint density at radius 3 is 3.19 bits per heavy atom. The van der Waals surface area contributed by atoms with E-state index >= 15 is 0 Å². The van der Waals surface area contributed by atoms with Crippen molar-refractivity contribution in [1.82, 2.24) is 19.9 Å². The zero-order chi connectivity index (χ0) is 11.0. The van der Waals surface area contributed by atoms with E-state index in [2.05, 4.69) is 15.4 Å². The minimum absolute atomic E-state index is 0.311. The molecule has 1 aliphatic heterocycles. The fourth-order valence-electron chi connectivity index (χ4n) is 2.18. The molecule has 2 aromatic heterocycles. The van der Waals surface area contributed by atoms with Gasteiger partial charge in [0.05, 0.1) is 11.7 Å². The van der Waals surface area contributed by atoms with Crippen molar-refractivity contribution in [3.8, 4) is 0 Å². The third-order valence-electron chi connectivity index (χ3n) is 3.04. The summed E-state index contributed by atoms with van der Waals surface area (Å²) in [6.07, 6.45) is 2.32. The van der Waals surface area contributed by atoms with Gasteiger partial charge in [0.1, 0.15) is 0 Å². The third-order valence-corrected chi connectivity index (χ3v) is 3.04. The normalized spacial score (nSPS) is 20.7. The van der Waals surface area contributed by atoms with Crippen molar-refractivity contribution in [1.29, 1.82) is 0 Å². The lowest BCUT2D eigenvalue weighted by Crippen LogP contribution is -2.14. The molecule has 84 valence electrons. The minimum atomic E-state index is 0.311. The van der Waals surface area contributed by atoms with Gasteiger partial charge in [-0.25, -0.2) is 9.50 Å². The van der Waals surface area contributed by atoms with E-state index in [0.717, 1.165) is 30.1 Å². The summed E-state index contributed by atoms with van der Waals surface area (Å²) < 4.78 is 1.84. The van der Waals surface area contributed by atoms with Crippen molar-refractivity contribution in [2.75, 3.05) is 6.54 Å². The molecule has 0 amide bonds. The van der Waals surface area contributed by atoms with E-state index in [1.165, 1.54) is 6.42 Å². The molecule has 1 fully saturated rings. The summed E-state index contributed by atoms with van der Waals surface area (Å²) in [5.41, 5.74) is 7.55. The molecule has 1 unspecified atom stereocenters. The van der Waals surface area contributed by atoms with Gasteiger partial charge in [-0.2, -0.15) is 0 Å². The number of rotatable bonds is 2. The maximum atomic E-state index is 5.67. The lowest BCUT2D eigenvalue weighted by atomic mass is 10.2. The van der Waals surface area contributed by atoms with Crippen LogP contribution in [0.5, 0.6) is 0 Å². The fraction of sp³-hybridized carbons (Fsp3) is 0.455. The monoisotopic (exact) mass is 217 g/mol. The van der Waals surface area contributed by atoms with Crippen LogP contribution >= 0.6 is 0 Å². The topological polar surface area (TPSA) is 68.2 Å². The van der Waals surface area contributed by atoms with E-state index in [0.29, 0.717) is 12.6 Å². The van der Waals surface area contributed by atoms with Gasteiger partial charge in [0.2, 0.25) is 0 Å². The van der Waals surface area contributed by atoms with Crippen molar-refractivity contribution in [2.45, 2.75) is 25.4 Å². The Balaban J connectivity index is 2.07. The average Bonchev–Trinajstić information content (AvgIpc) is 2.96.